The van der Waals surface area contributed by atoms with Gasteiger partial charge in [-0.2, -0.15) is 0 Å². The van der Waals surface area contributed by atoms with Crippen LogP contribution in [0, 0.1) is 22.0 Å². The Morgan fingerprint density at radius 3 is 1.51 bits per heavy atom. The number of amides is 8. The van der Waals surface area contributed by atoms with Crippen LogP contribution in [0.3, 0.4) is 0 Å². The van der Waals surface area contributed by atoms with Gasteiger partial charge in [-0.1, -0.05) is 52.0 Å². The summed E-state index contributed by atoms with van der Waals surface area (Å²) < 4.78 is 10.8. The van der Waals surface area contributed by atoms with Crippen LogP contribution >= 0.6 is 0 Å². The van der Waals surface area contributed by atoms with Crippen LogP contribution in [0.5, 0.6) is 5.75 Å². The number of hydrogen-bond acceptors (Lipinski definition) is 14. The topological polar surface area (TPSA) is 346 Å². The molecule has 0 fully saturated rings. The molecule has 2 aromatic rings. The summed E-state index contributed by atoms with van der Waals surface area (Å²) in [6.45, 7) is 16.8. The molecule has 380 valence electrons. The number of carbonyl (C=O) groups excluding carboxylic acids is 9. The van der Waals surface area contributed by atoms with Crippen LogP contribution in [-0.4, -0.2) is 117 Å². The van der Waals surface area contributed by atoms with Crippen LogP contribution in [0.4, 0.5) is 10.5 Å². The summed E-state index contributed by atoms with van der Waals surface area (Å²) >= 11 is 0. The van der Waals surface area contributed by atoms with E-state index in [1.165, 1.54) is 55.5 Å². The van der Waals surface area contributed by atoms with Gasteiger partial charge in [-0.15, -0.1) is 0 Å². The minimum Gasteiger partial charge on any atom is -0.508 e. The van der Waals surface area contributed by atoms with Crippen molar-refractivity contribution in [2.75, 3.05) is 6.54 Å². The third-order valence-corrected chi connectivity index (χ3v) is 9.71. The van der Waals surface area contributed by atoms with Crippen molar-refractivity contribution in [3.05, 3.63) is 69.8 Å². The van der Waals surface area contributed by atoms with E-state index >= 15 is 0 Å². The highest BCUT2D eigenvalue weighted by molar-refractivity contribution is 5.98. The molecular weight excluding hydrogens is 903 g/mol. The Labute approximate surface area is 400 Å². The summed E-state index contributed by atoms with van der Waals surface area (Å²) in [4.78, 5) is 131. The van der Waals surface area contributed by atoms with Gasteiger partial charge in [0.15, 0.2) is 0 Å². The zero-order valence-electron chi connectivity index (χ0n) is 40.8. The lowest BCUT2D eigenvalue weighted by Crippen LogP contribution is -2.61. The average Bonchev–Trinajstić information content (AvgIpc) is 3.22. The lowest BCUT2D eigenvalue weighted by molar-refractivity contribution is -0.384. The quantitative estimate of drug-likeness (QED) is 0.0428. The molecule has 0 saturated carbocycles. The van der Waals surface area contributed by atoms with Crippen molar-refractivity contribution in [1.82, 2.24) is 37.2 Å². The highest BCUT2D eigenvalue weighted by Gasteiger charge is 2.36. The summed E-state index contributed by atoms with van der Waals surface area (Å²) in [5.41, 5.74) is 3.73. The Hall–Kier alpha value is -7.33. The van der Waals surface area contributed by atoms with Crippen LogP contribution in [0.25, 0.3) is 0 Å². The third-order valence-electron chi connectivity index (χ3n) is 9.71. The fourth-order valence-electron chi connectivity index (χ4n) is 6.28. The van der Waals surface area contributed by atoms with Gasteiger partial charge in [0.1, 0.15) is 53.2 Å². The second kappa shape index (κ2) is 25.7. The van der Waals surface area contributed by atoms with Crippen molar-refractivity contribution in [1.29, 1.82) is 0 Å². The average molecular weight is 970 g/mol. The van der Waals surface area contributed by atoms with Crippen LogP contribution in [0.2, 0.25) is 0 Å². The lowest BCUT2D eigenvalue weighted by atomic mass is 9.99. The second-order valence-electron chi connectivity index (χ2n) is 19.0. The number of alkyl carbamates (subject to hydrolysis) is 1. The van der Waals surface area contributed by atoms with Gasteiger partial charge in [0, 0.05) is 25.0 Å². The summed E-state index contributed by atoms with van der Waals surface area (Å²) in [6.07, 6.45) is -2.15. The molecule has 0 bridgehead atoms. The highest BCUT2D eigenvalue weighted by atomic mass is 16.6. The number of ether oxygens (including phenoxy) is 2. The maximum absolute atomic E-state index is 14.3. The molecule has 23 nitrogen and oxygen atoms in total. The van der Waals surface area contributed by atoms with Gasteiger partial charge < -0.3 is 57.5 Å². The molecule has 23 heteroatoms. The predicted molar refractivity (Wildman–Crippen MR) is 249 cm³/mol. The molecule has 0 aliphatic heterocycles. The molecule has 0 saturated heterocycles. The fraction of sp³-hybridized carbons (Fsp3) is 0.543. The van der Waals surface area contributed by atoms with Gasteiger partial charge in [0.2, 0.25) is 41.4 Å². The highest BCUT2D eigenvalue weighted by Crippen LogP contribution is 2.17. The number of nitrogens with one attached hydrogen (secondary N) is 7. The number of aromatic hydroxyl groups is 1. The van der Waals surface area contributed by atoms with Gasteiger partial charge in [-0.05, 0) is 83.6 Å². The van der Waals surface area contributed by atoms with Crippen molar-refractivity contribution < 1.29 is 62.7 Å². The summed E-state index contributed by atoms with van der Waals surface area (Å²) in [5.74, 6) is -8.33. The summed E-state index contributed by atoms with van der Waals surface area (Å²) in [7, 11) is 0. The predicted octanol–water partition coefficient (Wildman–Crippen LogP) is 1.07. The number of nitrogens with zero attached hydrogens (tertiary/aromatic N) is 1. The molecule has 2 rings (SSSR count). The molecule has 0 unspecified atom stereocenters. The number of carbonyl (C=O) groups is 9. The molecular formula is C46H67N9O14. The van der Waals surface area contributed by atoms with Crippen molar-refractivity contribution in [3.8, 4) is 5.75 Å². The first-order valence-electron chi connectivity index (χ1n) is 22.2. The van der Waals surface area contributed by atoms with Gasteiger partial charge in [0.25, 0.3) is 5.69 Å². The van der Waals surface area contributed by atoms with E-state index in [1.807, 2.05) is 0 Å². The second-order valence-corrected chi connectivity index (χ2v) is 19.0. The number of esters is 1. The van der Waals surface area contributed by atoms with Gasteiger partial charge in [0.05, 0.1) is 17.9 Å². The maximum atomic E-state index is 14.3. The van der Waals surface area contributed by atoms with Crippen molar-refractivity contribution in [2.24, 2.45) is 17.6 Å². The minimum atomic E-state index is -1.76. The molecule has 69 heavy (non-hydrogen) atoms. The Morgan fingerprint density at radius 1 is 0.594 bits per heavy atom. The molecule has 0 spiro atoms. The zero-order valence-corrected chi connectivity index (χ0v) is 40.8. The molecule has 0 aromatic heterocycles. The SMILES string of the molecule is CC(C)[C@H](NC(=O)[C@H](CC(=O)OC(C)(C)C)NC(=O)[C@H](Cc1ccc([N+](=O)[O-])cc1)NC(=O)[C@@H](C)NC(=O)[C@H](Cc1ccc(O)cc1)NC(=O)OC(C)(C)C)C(=O)N[C@H](C(=O)NCC(N)=O)C(C)C. The van der Waals surface area contributed by atoms with E-state index in [0.717, 1.165) is 0 Å². The smallest absolute Gasteiger partial charge is 0.408 e. The molecule has 8 amide bonds. The zero-order chi connectivity index (χ0) is 52.6. The van der Waals surface area contributed by atoms with E-state index in [0.29, 0.717) is 11.1 Å². The van der Waals surface area contributed by atoms with E-state index in [1.54, 1.807) is 69.2 Å². The normalized spacial score (nSPS) is 14.0. The summed E-state index contributed by atoms with van der Waals surface area (Å²) in [5, 5.41) is 38.6. The number of benzene rings is 2. The first kappa shape index (κ1) is 57.8. The monoisotopic (exact) mass is 969 g/mol. The Bertz CT molecular complexity index is 2170. The van der Waals surface area contributed by atoms with E-state index in [4.69, 9.17) is 15.2 Å². The third kappa shape index (κ3) is 21.0. The molecule has 6 atom stereocenters. The molecule has 2 aromatic carbocycles. The largest absolute Gasteiger partial charge is 0.508 e. The molecule has 0 aliphatic carbocycles. The Kier molecular flexibility index (Phi) is 21.5. The van der Waals surface area contributed by atoms with E-state index in [-0.39, 0.29) is 24.3 Å². The number of hydrogen-bond donors (Lipinski definition) is 9. The Balaban J connectivity index is 2.51. The molecule has 10 N–H and O–H groups in total. The van der Waals surface area contributed by atoms with Gasteiger partial charge in [-0.3, -0.25) is 48.5 Å². The number of rotatable bonds is 23. The van der Waals surface area contributed by atoms with Crippen molar-refractivity contribution >= 4 is 59.1 Å². The lowest BCUT2D eigenvalue weighted by Gasteiger charge is -2.29. The number of phenols is 1. The molecule has 0 aliphatic rings. The number of phenolic OH excluding ortho intramolecular Hbond substituents is 1. The number of non-ortho nitro benzene ring substituents is 1. The van der Waals surface area contributed by atoms with Gasteiger partial charge >= 0.3 is 12.1 Å². The first-order valence-corrected chi connectivity index (χ1v) is 22.2. The van der Waals surface area contributed by atoms with Crippen molar-refractivity contribution in [3.63, 3.8) is 0 Å². The number of primary amides is 1. The Morgan fingerprint density at radius 2 is 1.03 bits per heavy atom. The van der Waals surface area contributed by atoms with Crippen LogP contribution in [-0.2, 0) is 60.7 Å². The first-order chi connectivity index (χ1) is 31.8. The van der Waals surface area contributed by atoms with Crippen LogP contribution in [0.15, 0.2) is 48.5 Å². The van der Waals surface area contributed by atoms with E-state index in [2.05, 4.69) is 37.2 Å². The standard InChI is InChI=1S/C46H67N9O14/c1-24(2)36(42(63)48-23-34(47)57)54-43(64)37(25(3)4)53-41(62)33(22-35(58)68-45(6,7)8)51-40(61)31(20-27-12-16-29(17-13-27)55(66)67)50-38(59)26(5)49-39(60)32(52-44(65)69-46(9,10)11)21-28-14-18-30(56)19-15-28/h12-19,24-26,31-33,36-37,56H,20-23H2,1-11H3,(H2,47,57)(H,48,63)(H,49,60)(H,50,59)(H,51,61)(H,52,65)(H,53,62)(H,54,64)/t26-,31+,32+,33+,36+,37+/m1/s1. The van der Waals surface area contributed by atoms with Gasteiger partial charge in [-0.25, -0.2) is 4.79 Å². The number of nitro groups is 1. The number of nitro benzene ring substituents is 1. The maximum Gasteiger partial charge on any atom is 0.408 e. The molecule has 0 radical (unpaired) electrons. The number of nitrogens with two attached hydrogens (primary N) is 1. The molecule has 0 heterocycles. The summed E-state index contributed by atoms with van der Waals surface area (Å²) in [6, 6.07) is 2.24. The van der Waals surface area contributed by atoms with Crippen LogP contribution in [0.1, 0.15) is 93.7 Å². The van der Waals surface area contributed by atoms with E-state index < -0.39 is 131 Å². The minimum absolute atomic E-state index is 0.0422. The van der Waals surface area contributed by atoms with E-state index in [9.17, 15) is 58.4 Å². The van der Waals surface area contributed by atoms with Crippen molar-refractivity contribution in [2.45, 2.75) is 143 Å². The van der Waals surface area contributed by atoms with Crippen LogP contribution < -0.4 is 43.0 Å². The fourth-order valence-corrected chi connectivity index (χ4v) is 6.28.